The van der Waals surface area contributed by atoms with Gasteiger partial charge in [0.1, 0.15) is 5.75 Å². The molecule has 0 amide bonds. The van der Waals surface area contributed by atoms with Gasteiger partial charge in [0.15, 0.2) is 0 Å². The SMILES string of the molecule is CCOc1cccc(C2CCC(Cl)C2C)c1. The molecule has 0 saturated heterocycles. The number of ether oxygens (including phenoxy) is 1. The third-order valence-corrected chi connectivity index (χ3v) is 4.17. The fraction of sp³-hybridized carbons (Fsp3) is 0.571. The predicted molar refractivity (Wildman–Crippen MR) is 68.4 cm³/mol. The van der Waals surface area contributed by atoms with E-state index < -0.39 is 0 Å². The first-order chi connectivity index (χ1) is 7.72. The third kappa shape index (κ3) is 2.35. The largest absolute Gasteiger partial charge is 0.494 e. The molecule has 16 heavy (non-hydrogen) atoms. The van der Waals surface area contributed by atoms with E-state index in [9.17, 15) is 0 Å². The number of halogens is 1. The van der Waals surface area contributed by atoms with E-state index in [4.69, 9.17) is 16.3 Å². The van der Waals surface area contributed by atoms with Gasteiger partial charge < -0.3 is 4.74 Å². The van der Waals surface area contributed by atoms with Crippen LogP contribution in [0.3, 0.4) is 0 Å². The molecule has 0 heterocycles. The Morgan fingerprint density at radius 2 is 2.19 bits per heavy atom. The minimum absolute atomic E-state index is 0.334. The summed E-state index contributed by atoms with van der Waals surface area (Å²) in [5, 5.41) is 0.334. The first-order valence-corrected chi connectivity index (χ1v) is 6.53. The second-order valence-electron chi connectivity index (χ2n) is 4.56. The van der Waals surface area contributed by atoms with Gasteiger partial charge in [-0.2, -0.15) is 0 Å². The maximum absolute atomic E-state index is 6.28. The van der Waals surface area contributed by atoms with Gasteiger partial charge in [-0.05, 0) is 49.3 Å². The van der Waals surface area contributed by atoms with E-state index in [1.54, 1.807) is 0 Å². The monoisotopic (exact) mass is 238 g/mol. The number of rotatable bonds is 3. The van der Waals surface area contributed by atoms with Crippen LogP contribution < -0.4 is 4.74 Å². The molecule has 0 aliphatic heterocycles. The quantitative estimate of drug-likeness (QED) is 0.717. The summed E-state index contributed by atoms with van der Waals surface area (Å²) >= 11 is 6.28. The molecule has 1 aromatic rings. The van der Waals surface area contributed by atoms with Crippen LogP contribution in [0.1, 0.15) is 38.2 Å². The van der Waals surface area contributed by atoms with Crippen LogP contribution in [0, 0.1) is 5.92 Å². The van der Waals surface area contributed by atoms with Gasteiger partial charge in [0, 0.05) is 5.38 Å². The summed E-state index contributed by atoms with van der Waals surface area (Å²) in [6, 6.07) is 8.46. The number of hydrogen-bond acceptors (Lipinski definition) is 1. The average Bonchev–Trinajstić information content (AvgIpc) is 2.61. The lowest BCUT2D eigenvalue weighted by atomic mass is 9.90. The highest BCUT2D eigenvalue weighted by molar-refractivity contribution is 6.21. The summed E-state index contributed by atoms with van der Waals surface area (Å²) < 4.78 is 5.54. The van der Waals surface area contributed by atoms with Crippen molar-refractivity contribution in [2.24, 2.45) is 5.92 Å². The summed E-state index contributed by atoms with van der Waals surface area (Å²) in [6.07, 6.45) is 2.33. The molecule has 0 aromatic heterocycles. The van der Waals surface area contributed by atoms with Crippen molar-refractivity contribution in [3.8, 4) is 5.75 Å². The van der Waals surface area contributed by atoms with Crippen LogP contribution in [-0.4, -0.2) is 12.0 Å². The maximum atomic E-state index is 6.28. The molecule has 0 N–H and O–H groups in total. The molecule has 1 fully saturated rings. The Hall–Kier alpha value is -0.690. The van der Waals surface area contributed by atoms with E-state index in [-0.39, 0.29) is 0 Å². The summed E-state index contributed by atoms with van der Waals surface area (Å²) in [7, 11) is 0. The second kappa shape index (κ2) is 5.09. The number of hydrogen-bond donors (Lipinski definition) is 0. The van der Waals surface area contributed by atoms with Crippen molar-refractivity contribution in [2.75, 3.05) is 6.61 Å². The lowest BCUT2D eigenvalue weighted by Gasteiger charge is -2.18. The minimum atomic E-state index is 0.334. The van der Waals surface area contributed by atoms with E-state index in [0.29, 0.717) is 17.2 Å². The average molecular weight is 239 g/mol. The fourth-order valence-electron chi connectivity index (χ4n) is 2.59. The lowest BCUT2D eigenvalue weighted by Crippen LogP contribution is -2.09. The second-order valence-corrected chi connectivity index (χ2v) is 5.13. The molecule has 2 heteroatoms. The zero-order valence-electron chi connectivity index (χ0n) is 9.95. The summed E-state index contributed by atoms with van der Waals surface area (Å²) in [6.45, 7) is 4.99. The van der Waals surface area contributed by atoms with Gasteiger partial charge in [-0.3, -0.25) is 0 Å². The maximum Gasteiger partial charge on any atom is 0.119 e. The van der Waals surface area contributed by atoms with Crippen molar-refractivity contribution >= 4 is 11.6 Å². The summed E-state index contributed by atoms with van der Waals surface area (Å²) in [5.74, 6) is 2.15. The van der Waals surface area contributed by atoms with Crippen molar-refractivity contribution in [3.05, 3.63) is 29.8 Å². The van der Waals surface area contributed by atoms with E-state index in [0.717, 1.165) is 18.8 Å². The van der Waals surface area contributed by atoms with Gasteiger partial charge in [0.25, 0.3) is 0 Å². The van der Waals surface area contributed by atoms with Crippen LogP contribution in [0.25, 0.3) is 0 Å². The number of alkyl halides is 1. The normalized spacial score (nSPS) is 29.3. The van der Waals surface area contributed by atoms with Crippen LogP contribution in [0.5, 0.6) is 5.75 Å². The highest BCUT2D eigenvalue weighted by Gasteiger charge is 2.32. The predicted octanol–water partition coefficient (Wildman–Crippen LogP) is 4.21. The fourth-order valence-corrected chi connectivity index (χ4v) is 2.89. The molecular weight excluding hydrogens is 220 g/mol. The van der Waals surface area contributed by atoms with E-state index in [2.05, 4.69) is 25.1 Å². The Morgan fingerprint density at radius 3 is 2.81 bits per heavy atom. The number of benzene rings is 1. The van der Waals surface area contributed by atoms with Crippen LogP contribution in [-0.2, 0) is 0 Å². The molecule has 1 saturated carbocycles. The van der Waals surface area contributed by atoms with Crippen LogP contribution in [0.15, 0.2) is 24.3 Å². The molecule has 0 radical (unpaired) electrons. The molecule has 0 bridgehead atoms. The molecule has 1 nitrogen and oxygen atoms in total. The van der Waals surface area contributed by atoms with Gasteiger partial charge in [-0.1, -0.05) is 19.1 Å². The van der Waals surface area contributed by atoms with Crippen molar-refractivity contribution in [1.29, 1.82) is 0 Å². The first-order valence-electron chi connectivity index (χ1n) is 6.09. The van der Waals surface area contributed by atoms with Crippen molar-refractivity contribution in [3.63, 3.8) is 0 Å². The van der Waals surface area contributed by atoms with E-state index in [1.807, 2.05) is 13.0 Å². The van der Waals surface area contributed by atoms with E-state index >= 15 is 0 Å². The molecule has 3 unspecified atom stereocenters. The molecule has 1 aliphatic carbocycles. The lowest BCUT2D eigenvalue weighted by molar-refractivity contribution is 0.339. The molecule has 2 rings (SSSR count). The topological polar surface area (TPSA) is 9.23 Å². The Bertz CT molecular complexity index is 350. The zero-order valence-corrected chi connectivity index (χ0v) is 10.7. The Kier molecular flexibility index (Phi) is 3.75. The summed E-state index contributed by atoms with van der Waals surface area (Å²) in [4.78, 5) is 0. The standard InChI is InChI=1S/C14H19ClO/c1-3-16-12-6-4-5-11(9-12)13-7-8-14(15)10(13)2/h4-6,9-10,13-14H,3,7-8H2,1-2H3. The van der Waals surface area contributed by atoms with Crippen LogP contribution in [0.4, 0.5) is 0 Å². The summed E-state index contributed by atoms with van der Waals surface area (Å²) in [5.41, 5.74) is 1.38. The molecule has 1 aliphatic rings. The van der Waals surface area contributed by atoms with Gasteiger partial charge in [0.2, 0.25) is 0 Å². The zero-order chi connectivity index (χ0) is 11.5. The molecule has 0 spiro atoms. The smallest absolute Gasteiger partial charge is 0.119 e. The highest BCUT2D eigenvalue weighted by atomic mass is 35.5. The van der Waals surface area contributed by atoms with E-state index in [1.165, 1.54) is 12.0 Å². The third-order valence-electron chi connectivity index (χ3n) is 3.56. The first kappa shape index (κ1) is 11.8. The van der Waals surface area contributed by atoms with Gasteiger partial charge >= 0.3 is 0 Å². The minimum Gasteiger partial charge on any atom is -0.494 e. The van der Waals surface area contributed by atoms with Crippen LogP contribution in [0.2, 0.25) is 0 Å². The van der Waals surface area contributed by atoms with Crippen molar-refractivity contribution < 1.29 is 4.74 Å². The highest BCUT2D eigenvalue weighted by Crippen LogP contribution is 2.42. The molecule has 88 valence electrons. The van der Waals surface area contributed by atoms with Crippen molar-refractivity contribution in [2.45, 2.75) is 38.0 Å². The van der Waals surface area contributed by atoms with Gasteiger partial charge in [-0.25, -0.2) is 0 Å². The van der Waals surface area contributed by atoms with Crippen LogP contribution >= 0.6 is 11.6 Å². The van der Waals surface area contributed by atoms with Crippen molar-refractivity contribution in [1.82, 2.24) is 0 Å². The Labute approximate surface area is 103 Å². The van der Waals surface area contributed by atoms with Gasteiger partial charge in [0.05, 0.1) is 6.61 Å². The van der Waals surface area contributed by atoms with Gasteiger partial charge in [-0.15, -0.1) is 11.6 Å². The molecular formula is C14H19ClO. The Balaban J connectivity index is 2.17. The molecule has 1 aromatic carbocycles. The Morgan fingerprint density at radius 1 is 1.38 bits per heavy atom. The molecule has 3 atom stereocenters.